The molecule has 5 rings (SSSR count). The van der Waals surface area contributed by atoms with Crippen molar-refractivity contribution in [1.82, 2.24) is 9.97 Å². The lowest BCUT2D eigenvalue weighted by atomic mass is 10.1. The van der Waals surface area contributed by atoms with Crippen molar-refractivity contribution in [3.8, 4) is 0 Å². The Morgan fingerprint density at radius 3 is 3.00 bits per heavy atom. The summed E-state index contributed by atoms with van der Waals surface area (Å²) < 4.78 is 5.97. The van der Waals surface area contributed by atoms with E-state index in [4.69, 9.17) is 4.74 Å². The standard InChI is InChI=1S/C18H15N5OS/c1-10-6-7-12-11(8-10)16-17(19-12)24-15(22-23-16)9-25-18-20-13-4-2-3-5-14(13)21-18/h2-8,17,19H,9H2,1H3,(H,20,21). The van der Waals surface area contributed by atoms with E-state index in [9.17, 15) is 0 Å². The van der Waals surface area contributed by atoms with Crippen LogP contribution in [-0.4, -0.2) is 33.6 Å². The summed E-state index contributed by atoms with van der Waals surface area (Å²) in [7, 11) is 0. The number of nitrogens with zero attached hydrogens (tertiary/aromatic N) is 3. The number of nitrogens with one attached hydrogen (secondary N) is 2. The van der Waals surface area contributed by atoms with Crippen molar-refractivity contribution in [2.24, 2.45) is 10.2 Å². The van der Waals surface area contributed by atoms with Gasteiger partial charge in [0.2, 0.25) is 12.1 Å². The molecule has 0 radical (unpaired) electrons. The Labute approximate surface area is 148 Å². The van der Waals surface area contributed by atoms with Crippen molar-refractivity contribution >= 4 is 40.1 Å². The highest BCUT2D eigenvalue weighted by atomic mass is 32.2. The van der Waals surface area contributed by atoms with Crippen molar-refractivity contribution < 1.29 is 4.74 Å². The molecule has 3 aromatic rings. The van der Waals surface area contributed by atoms with Gasteiger partial charge in [-0.15, -0.1) is 10.2 Å². The first-order chi connectivity index (χ1) is 12.3. The van der Waals surface area contributed by atoms with Gasteiger partial charge in [0.05, 0.1) is 16.8 Å². The monoisotopic (exact) mass is 349 g/mol. The molecule has 2 aliphatic rings. The van der Waals surface area contributed by atoms with Crippen LogP contribution in [0.4, 0.5) is 5.69 Å². The average Bonchev–Trinajstić information content (AvgIpc) is 3.20. The predicted molar refractivity (Wildman–Crippen MR) is 100 cm³/mol. The molecule has 2 aromatic carbocycles. The third-order valence-electron chi connectivity index (χ3n) is 4.21. The summed E-state index contributed by atoms with van der Waals surface area (Å²) in [5, 5.41) is 12.8. The van der Waals surface area contributed by atoms with E-state index in [1.807, 2.05) is 24.3 Å². The minimum absolute atomic E-state index is 0.263. The molecular formula is C18H15N5OS. The number of fused-ring (bicyclic) bond motifs is 4. The van der Waals surface area contributed by atoms with E-state index in [0.29, 0.717) is 11.7 Å². The molecule has 0 saturated heterocycles. The van der Waals surface area contributed by atoms with Gasteiger partial charge in [-0.1, -0.05) is 35.5 Å². The zero-order valence-corrected chi connectivity index (χ0v) is 14.3. The molecule has 6 nitrogen and oxygen atoms in total. The lowest BCUT2D eigenvalue weighted by Crippen LogP contribution is -2.32. The van der Waals surface area contributed by atoms with Gasteiger partial charge in [0.25, 0.3) is 0 Å². The summed E-state index contributed by atoms with van der Waals surface area (Å²) in [6.45, 7) is 2.07. The first-order valence-corrected chi connectivity index (χ1v) is 9.01. The number of thioether (sulfide) groups is 1. The van der Waals surface area contributed by atoms with Gasteiger partial charge < -0.3 is 15.0 Å². The molecule has 1 atom stereocenters. The van der Waals surface area contributed by atoms with Crippen LogP contribution in [0.25, 0.3) is 11.0 Å². The minimum atomic E-state index is -0.263. The van der Waals surface area contributed by atoms with Gasteiger partial charge >= 0.3 is 0 Å². The highest BCUT2D eigenvalue weighted by Crippen LogP contribution is 2.30. The van der Waals surface area contributed by atoms with Crippen molar-refractivity contribution in [2.45, 2.75) is 18.3 Å². The van der Waals surface area contributed by atoms with Crippen LogP contribution >= 0.6 is 11.8 Å². The van der Waals surface area contributed by atoms with E-state index in [1.54, 1.807) is 11.8 Å². The van der Waals surface area contributed by atoms with Crippen LogP contribution in [0.3, 0.4) is 0 Å². The number of para-hydroxylation sites is 2. The van der Waals surface area contributed by atoms with Gasteiger partial charge in [-0.25, -0.2) is 4.98 Å². The second-order valence-electron chi connectivity index (χ2n) is 6.02. The molecule has 0 amide bonds. The Morgan fingerprint density at radius 1 is 1.16 bits per heavy atom. The summed E-state index contributed by atoms with van der Waals surface area (Å²) >= 11 is 1.55. The van der Waals surface area contributed by atoms with E-state index < -0.39 is 0 Å². The van der Waals surface area contributed by atoms with Gasteiger partial charge in [-0.2, -0.15) is 0 Å². The number of aromatic amines is 1. The van der Waals surface area contributed by atoms with Crippen LogP contribution in [0, 0.1) is 6.92 Å². The molecule has 0 bridgehead atoms. The zero-order valence-electron chi connectivity index (χ0n) is 13.5. The van der Waals surface area contributed by atoms with Gasteiger partial charge in [0, 0.05) is 11.3 Å². The fraction of sp³-hybridized carbons (Fsp3) is 0.167. The quantitative estimate of drug-likeness (QED) is 0.709. The molecule has 0 aliphatic carbocycles. The lowest BCUT2D eigenvalue weighted by molar-refractivity contribution is 0.276. The van der Waals surface area contributed by atoms with Crippen molar-refractivity contribution in [3.63, 3.8) is 0 Å². The SMILES string of the molecule is Cc1ccc2c(c1)C1=NN=C(CSc3nc4ccccc4[nH]3)OC1N2. The minimum Gasteiger partial charge on any atom is -0.449 e. The molecule has 1 unspecified atom stereocenters. The van der Waals surface area contributed by atoms with Crippen molar-refractivity contribution in [2.75, 3.05) is 11.1 Å². The molecule has 7 heteroatoms. The van der Waals surface area contributed by atoms with Gasteiger partial charge in [-0.3, -0.25) is 0 Å². The van der Waals surface area contributed by atoms with Crippen LogP contribution in [0.1, 0.15) is 11.1 Å². The number of benzene rings is 2. The lowest BCUT2D eigenvalue weighted by Gasteiger charge is -2.18. The number of aryl methyl sites for hydroxylation is 1. The zero-order chi connectivity index (χ0) is 16.8. The maximum atomic E-state index is 5.97. The molecule has 3 heterocycles. The van der Waals surface area contributed by atoms with E-state index in [1.165, 1.54) is 5.56 Å². The van der Waals surface area contributed by atoms with E-state index in [-0.39, 0.29) is 6.23 Å². The van der Waals surface area contributed by atoms with Crippen LogP contribution in [-0.2, 0) is 4.74 Å². The normalized spacial score (nSPS) is 18.0. The van der Waals surface area contributed by atoms with Crippen molar-refractivity contribution in [1.29, 1.82) is 0 Å². The number of hydrogen-bond acceptors (Lipinski definition) is 6. The Bertz CT molecular complexity index is 1010. The highest BCUT2D eigenvalue weighted by Gasteiger charge is 2.33. The molecule has 0 saturated carbocycles. The maximum Gasteiger partial charge on any atom is 0.221 e. The summed E-state index contributed by atoms with van der Waals surface area (Å²) in [5.74, 6) is 1.17. The molecule has 25 heavy (non-hydrogen) atoms. The molecule has 1 aromatic heterocycles. The Hall–Kier alpha value is -2.80. The van der Waals surface area contributed by atoms with Gasteiger partial charge in [0.15, 0.2) is 5.16 Å². The summed E-state index contributed by atoms with van der Waals surface area (Å²) in [6.07, 6.45) is -0.263. The maximum absolute atomic E-state index is 5.97. The number of imidazole rings is 1. The molecule has 2 N–H and O–H groups in total. The molecular weight excluding hydrogens is 334 g/mol. The number of rotatable bonds is 3. The van der Waals surface area contributed by atoms with Crippen LogP contribution in [0.15, 0.2) is 57.8 Å². The Balaban J connectivity index is 1.33. The Kier molecular flexibility index (Phi) is 3.27. The smallest absolute Gasteiger partial charge is 0.221 e. The fourth-order valence-electron chi connectivity index (χ4n) is 3.00. The summed E-state index contributed by atoms with van der Waals surface area (Å²) in [5.41, 5.74) is 6.13. The molecule has 0 fully saturated rings. The third-order valence-corrected chi connectivity index (χ3v) is 5.07. The van der Waals surface area contributed by atoms with Crippen LogP contribution < -0.4 is 5.32 Å². The predicted octanol–water partition coefficient (Wildman–Crippen LogP) is 3.55. The first-order valence-electron chi connectivity index (χ1n) is 8.02. The largest absolute Gasteiger partial charge is 0.449 e. The second-order valence-corrected chi connectivity index (χ2v) is 6.98. The van der Waals surface area contributed by atoms with E-state index in [0.717, 1.165) is 33.2 Å². The van der Waals surface area contributed by atoms with E-state index in [2.05, 4.69) is 50.6 Å². The van der Waals surface area contributed by atoms with Gasteiger partial charge in [-0.05, 0) is 31.2 Å². The Morgan fingerprint density at radius 2 is 2.08 bits per heavy atom. The number of H-pyrrole nitrogens is 1. The topological polar surface area (TPSA) is 74.7 Å². The first kappa shape index (κ1) is 14.5. The number of aromatic nitrogens is 2. The number of ether oxygens (including phenoxy) is 1. The fourth-order valence-corrected chi connectivity index (χ4v) is 3.73. The highest BCUT2D eigenvalue weighted by molar-refractivity contribution is 7.99. The molecule has 2 aliphatic heterocycles. The number of hydrogen-bond donors (Lipinski definition) is 2. The van der Waals surface area contributed by atoms with Crippen molar-refractivity contribution in [3.05, 3.63) is 53.6 Å². The third kappa shape index (κ3) is 2.56. The summed E-state index contributed by atoms with van der Waals surface area (Å²) in [6, 6.07) is 14.2. The number of anilines is 1. The molecule has 0 spiro atoms. The molecule has 124 valence electrons. The average molecular weight is 349 g/mol. The van der Waals surface area contributed by atoms with Gasteiger partial charge in [0.1, 0.15) is 5.71 Å². The summed E-state index contributed by atoms with van der Waals surface area (Å²) in [4.78, 5) is 7.84. The van der Waals surface area contributed by atoms with E-state index >= 15 is 0 Å². The second kappa shape index (κ2) is 5.63. The van der Waals surface area contributed by atoms with Crippen LogP contribution in [0.2, 0.25) is 0 Å². The van der Waals surface area contributed by atoms with Crippen LogP contribution in [0.5, 0.6) is 0 Å².